The molecule has 3 N–H and O–H groups in total. The van der Waals surface area contributed by atoms with Crippen LogP contribution in [0.1, 0.15) is 11.7 Å². The van der Waals surface area contributed by atoms with Gasteiger partial charge in [-0.15, -0.1) is 0 Å². The molecule has 0 amide bonds. The molecule has 2 rings (SSSR count). The normalized spacial score (nSPS) is 20.0. The van der Waals surface area contributed by atoms with Gasteiger partial charge in [0.15, 0.2) is 0 Å². The van der Waals surface area contributed by atoms with Gasteiger partial charge in [-0.25, -0.2) is 0 Å². The van der Waals surface area contributed by atoms with E-state index in [1.165, 1.54) is 5.56 Å². The molecule has 0 atom stereocenters. The summed E-state index contributed by atoms with van der Waals surface area (Å²) in [5.74, 6) is 0. The molecule has 0 unspecified atom stereocenters. The summed E-state index contributed by atoms with van der Waals surface area (Å²) in [5, 5.41) is 13.2. The van der Waals surface area contributed by atoms with Crippen LogP contribution in [0, 0.1) is 0 Å². The lowest BCUT2D eigenvalue weighted by molar-refractivity contribution is 0.588. The maximum Gasteiger partial charge on any atom is 0.0867 e. The second kappa shape index (κ2) is 2.40. The van der Waals surface area contributed by atoms with Crippen LogP contribution in [-0.4, -0.2) is 23.3 Å². The van der Waals surface area contributed by atoms with Crippen LogP contribution >= 0.6 is 0 Å². The minimum atomic E-state index is 0.304. The monoisotopic (exact) mass is 138 g/mol. The number of aromatic nitrogens is 2. The first-order valence-corrected chi connectivity index (χ1v) is 3.42. The molecular formula is C6H10N4. The van der Waals surface area contributed by atoms with E-state index in [4.69, 9.17) is 0 Å². The van der Waals surface area contributed by atoms with Crippen LogP contribution in [0.15, 0.2) is 12.4 Å². The van der Waals surface area contributed by atoms with E-state index in [1.807, 2.05) is 12.4 Å². The van der Waals surface area contributed by atoms with Crippen molar-refractivity contribution in [2.75, 3.05) is 13.1 Å². The van der Waals surface area contributed by atoms with Gasteiger partial charge in [-0.05, 0) is 0 Å². The molecule has 1 aliphatic heterocycles. The summed E-state index contributed by atoms with van der Waals surface area (Å²) in [4.78, 5) is 0. The van der Waals surface area contributed by atoms with Gasteiger partial charge in [0.1, 0.15) is 0 Å². The smallest absolute Gasteiger partial charge is 0.0867 e. The van der Waals surface area contributed by atoms with E-state index in [-0.39, 0.29) is 0 Å². The van der Waals surface area contributed by atoms with Crippen molar-refractivity contribution in [1.29, 1.82) is 0 Å². The predicted octanol–water partition coefficient (Wildman–Crippen LogP) is -0.399. The fourth-order valence-electron chi connectivity index (χ4n) is 1.16. The van der Waals surface area contributed by atoms with Crippen molar-refractivity contribution < 1.29 is 0 Å². The minimum absolute atomic E-state index is 0.304. The molecule has 10 heavy (non-hydrogen) atoms. The van der Waals surface area contributed by atoms with E-state index in [1.54, 1.807) is 0 Å². The van der Waals surface area contributed by atoms with Crippen LogP contribution in [0.4, 0.5) is 0 Å². The van der Waals surface area contributed by atoms with Crippen molar-refractivity contribution in [3.8, 4) is 0 Å². The van der Waals surface area contributed by atoms with Gasteiger partial charge in [0.2, 0.25) is 0 Å². The SMILES string of the molecule is c1n[nH]cc1C1NCCN1. The number of H-pyrrole nitrogens is 1. The molecule has 0 spiro atoms. The zero-order valence-electron chi connectivity index (χ0n) is 5.59. The van der Waals surface area contributed by atoms with Gasteiger partial charge in [0.25, 0.3) is 0 Å². The Morgan fingerprint density at radius 2 is 2.20 bits per heavy atom. The van der Waals surface area contributed by atoms with Crippen LogP contribution in [0.5, 0.6) is 0 Å². The molecule has 4 nitrogen and oxygen atoms in total. The zero-order chi connectivity index (χ0) is 6.81. The lowest BCUT2D eigenvalue weighted by Gasteiger charge is -2.05. The average Bonchev–Trinajstić information content (AvgIpc) is 2.59. The third-order valence-corrected chi connectivity index (χ3v) is 1.67. The summed E-state index contributed by atoms with van der Waals surface area (Å²) < 4.78 is 0. The number of rotatable bonds is 1. The molecular weight excluding hydrogens is 128 g/mol. The number of aromatic amines is 1. The maximum absolute atomic E-state index is 3.86. The van der Waals surface area contributed by atoms with Crippen LogP contribution in [0.25, 0.3) is 0 Å². The van der Waals surface area contributed by atoms with Crippen molar-refractivity contribution in [1.82, 2.24) is 20.8 Å². The minimum Gasteiger partial charge on any atom is -0.297 e. The highest BCUT2D eigenvalue weighted by molar-refractivity contribution is 5.09. The van der Waals surface area contributed by atoms with E-state index in [2.05, 4.69) is 20.8 Å². The Morgan fingerprint density at radius 3 is 2.80 bits per heavy atom. The van der Waals surface area contributed by atoms with E-state index in [0.717, 1.165) is 13.1 Å². The van der Waals surface area contributed by atoms with Crippen molar-refractivity contribution in [2.24, 2.45) is 0 Å². The fourth-order valence-corrected chi connectivity index (χ4v) is 1.16. The largest absolute Gasteiger partial charge is 0.297 e. The van der Waals surface area contributed by atoms with Gasteiger partial charge in [-0.2, -0.15) is 5.10 Å². The van der Waals surface area contributed by atoms with Gasteiger partial charge in [0.05, 0.1) is 12.4 Å². The third-order valence-electron chi connectivity index (χ3n) is 1.67. The van der Waals surface area contributed by atoms with Gasteiger partial charge in [0, 0.05) is 24.8 Å². The third kappa shape index (κ3) is 0.913. The Hall–Kier alpha value is -0.870. The highest BCUT2D eigenvalue weighted by Crippen LogP contribution is 2.08. The number of nitrogens with one attached hydrogen (secondary N) is 3. The lowest BCUT2D eigenvalue weighted by atomic mass is 10.3. The second-order valence-electron chi connectivity index (χ2n) is 2.37. The van der Waals surface area contributed by atoms with E-state index >= 15 is 0 Å². The summed E-state index contributed by atoms with van der Waals surface area (Å²) in [5.41, 5.74) is 1.18. The molecule has 0 aromatic carbocycles. The summed E-state index contributed by atoms with van der Waals surface area (Å²) in [7, 11) is 0. The molecule has 1 aromatic heterocycles. The average molecular weight is 138 g/mol. The van der Waals surface area contributed by atoms with Crippen molar-refractivity contribution in [3.05, 3.63) is 18.0 Å². The van der Waals surface area contributed by atoms with Crippen LogP contribution in [0.2, 0.25) is 0 Å². The Balaban J connectivity index is 2.12. The zero-order valence-corrected chi connectivity index (χ0v) is 5.59. The molecule has 1 aliphatic rings. The van der Waals surface area contributed by atoms with Crippen molar-refractivity contribution in [3.63, 3.8) is 0 Å². The predicted molar refractivity (Wildman–Crippen MR) is 37.3 cm³/mol. The summed E-state index contributed by atoms with van der Waals surface area (Å²) in [6, 6.07) is 0. The van der Waals surface area contributed by atoms with Gasteiger partial charge in [-0.3, -0.25) is 15.7 Å². The molecule has 54 valence electrons. The first-order valence-electron chi connectivity index (χ1n) is 3.42. The van der Waals surface area contributed by atoms with Crippen LogP contribution < -0.4 is 10.6 Å². The van der Waals surface area contributed by atoms with Gasteiger partial charge < -0.3 is 0 Å². The molecule has 1 aromatic rings. The Morgan fingerprint density at radius 1 is 1.40 bits per heavy atom. The van der Waals surface area contributed by atoms with E-state index < -0.39 is 0 Å². The van der Waals surface area contributed by atoms with Gasteiger partial charge >= 0.3 is 0 Å². The highest BCUT2D eigenvalue weighted by Gasteiger charge is 2.14. The van der Waals surface area contributed by atoms with Crippen LogP contribution in [0.3, 0.4) is 0 Å². The number of hydrogen-bond acceptors (Lipinski definition) is 3. The van der Waals surface area contributed by atoms with Gasteiger partial charge in [-0.1, -0.05) is 0 Å². The first-order chi connectivity index (χ1) is 4.97. The topological polar surface area (TPSA) is 52.7 Å². The molecule has 1 fully saturated rings. The summed E-state index contributed by atoms with van der Waals surface area (Å²) in [6.07, 6.45) is 4.03. The highest BCUT2D eigenvalue weighted by atomic mass is 15.2. The fraction of sp³-hybridized carbons (Fsp3) is 0.500. The Labute approximate surface area is 59.0 Å². The Kier molecular flexibility index (Phi) is 1.41. The standard InChI is InChI=1S/C6H10N4/c1-2-8-6(7-1)5-3-9-10-4-5/h3-4,6-8H,1-2H2,(H,9,10). The van der Waals surface area contributed by atoms with Crippen molar-refractivity contribution >= 4 is 0 Å². The molecule has 0 radical (unpaired) electrons. The van der Waals surface area contributed by atoms with E-state index in [0.29, 0.717) is 6.17 Å². The molecule has 4 heteroatoms. The lowest BCUT2D eigenvalue weighted by Crippen LogP contribution is -2.20. The number of hydrogen-bond donors (Lipinski definition) is 3. The first kappa shape index (κ1) is 5.88. The summed E-state index contributed by atoms with van der Waals surface area (Å²) in [6.45, 7) is 2.08. The Bertz CT molecular complexity index is 188. The van der Waals surface area contributed by atoms with Crippen LogP contribution in [-0.2, 0) is 0 Å². The molecule has 2 heterocycles. The van der Waals surface area contributed by atoms with Crippen molar-refractivity contribution in [2.45, 2.75) is 6.17 Å². The summed E-state index contributed by atoms with van der Waals surface area (Å²) >= 11 is 0. The molecule has 0 bridgehead atoms. The number of nitrogens with zero attached hydrogens (tertiary/aromatic N) is 1. The quantitative estimate of drug-likeness (QED) is 0.495. The maximum atomic E-state index is 3.86. The molecule has 0 saturated carbocycles. The van der Waals surface area contributed by atoms with E-state index in [9.17, 15) is 0 Å². The molecule has 1 saturated heterocycles. The second-order valence-corrected chi connectivity index (χ2v) is 2.37. The molecule has 0 aliphatic carbocycles.